The molecule has 0 heterocycles. The zero-order chi connectivity index (χ0) is 15.6. The van der Waals surface area contributed by atoms with E-state index in [-0.39, 0.29) is 17.0 Å². The van der Waals surface area contributed by atoms with Gasteiger partial charge in [-0.15, -0.1) is 0 Å². The highest BCUT2D eigenvalue weighted by atomic mass is 16.6. The summed E-state index contributed by atoms with van der Waals surface area (Å²) in [5, 5.41) is 20.0. The zero-order valence-electron chi connectivity index (χ0n) is 11.5. The largest absolute Gasteiger partial charge is 0.478 e. The van der Waals surface area contributed by atoms with E-state index in [2.05, 4.69) is 0 Å². The van der Waals surface area contributed by atoms with Gasteiger partial charge in [0.15, 0.2) is 0 Å². The molecular formula is C15H13NO5. The molecule has 0 atom stereocenters. The summed E-state index contributed by atoms with van der Waals surface area (Å²) >= 11 is 0. The Kier molecular flexibility index (Phi) is 3.89. The molecule has 0 bridgehead atoms. The first-order valence-electron chi connectivity index (χ1n) is 6.14. The van der Waals surface area contributed by atoms with Crippen LogP contribution in [0.2, 0.25) is 0 Å². The first-order valence-corrected chi connectivity index (χ1v) is 6.14. The molecule has 0 unspecified atom stereocenters. The van der Waals surface area contributed by atoms with Gasteiger partial charge in [-0.2, -0.15) is 0 Å². The molecule has 0 aliphatic heterocycles. The summed E-state index contributed by atoms with van der Waals surface area (Å²) in [7, 11) is 0. The first-order chi connectivity index (χ1) is 9.86. The van der Waals surface area contributed by atoms with Crippen molar-refractivity contribution in [3.8, 4) is 11.5 Å². The fourth-order valence-corrected chi connectivity index (χ4v) is 2.00. The summed E-state index contributed by atoms with van der Waals surface area (Å²) in [5.74, 6) is -0.835. The Bertz CT molecular complexity index is 704. The minimum absolute atomic E-state index is 0.0695. The average molecular weight is 287 g/mol. The van der Waals surface area contributed by atoms with Crippen molar-refractivity contribution >= 4 is 11.7 Å². The van der Waals surface area contributed by atoms with E-state index < -0.39 is 10.9 Å². The van der Waals surface area contributed by atoms with E-state index >= 15 is 0 Å². The summed E-state index contributed by atoms with van der Waals surface area (Å²) in [6.45, 7) is 3.75. The van der Waals surface area contributed by atoms with Crippen LogP contribution in [0.3, 0.4) is 0 Å². The molecule has 0 aliphatic rings. The third-order valence-electron chi connectivity index (χ3n) is 2.83. The number of benzene rings is 2. The van der Waals surface area contributed by atoms with Crippen LogP contribution in [0.5, 0.6) is 11.5 Å². The quantitative estimate of drug-likeness (QED) is 0.684. The van der Waals surface area contributed by atoms with Crippen LogP contribution in [-0.2, 0) is 0 Å². The Morgan fingerprint density at radius 3 is 2.29 bits per heavy atom. The van der Waals surface area contributed by atoms with E-state index in [1.807, 2.05) is 19.9 Å². The number of carbonyl (C=O) groups is 1. The number of nitrogens with zero attached hydrogens (tertiary/aromatic N) is 1. The van der Waals surface area contributed by atoms with Crippen molar-refractivity contribution in [1.82, 2.24) is 0 Å². The van der Waals surface area contributed by atoms with Crippen molar-refractivity contribution in [2.45, 2.75) is 13.8 Å². The topological polar surface area (TPSA) is 89.7 Å². The molecule has 0 aliphatic carbocycles. The number of carboxylic acid groups (broad SMARTS) is 1. The van der Waals surface area contributed by atoms with Crippen molar-refractivity contribution in [2.24, 2.45) is 0 Å². The lowest BCUT2D eigenvalue weighted by Gasteiger charge is -2.09. The number of nitro groups is 1. The Morgan fingerprint density at radius 1 is 1.14 bits per heavy atom. The maximum absolute atomic E-state index is 11.0. The van der Waals surface area contributed by atoms with Crippen molar-refractivity contribution in [1.29, 1.82) is 0 Å². The van der Waals surface area contributed by atoms with Crippen molar-refractivity contribution in [3.05, 3.63) is 63.2 Å². The van der Waals surface area contributed by atoms with Gasteiger partial charge in [0, 0.05) is 12.1 Å². The number of aryl methyl sites for hydroxylation is 2. The smallest absolute Gasteiger partial charge is 0.335 e. The number of rotatable bonds is 4. The Hall–Kier alpha value is -2.89. The number of ether oxygens (including phenoxy) is 1. The Balaban J connectivity index is 2.47. The maximum Gasteiger partial charge on any atom is 0.335 e. The van der Waals surface area contributed by atoms with Gasteiger partial charge < -0.3 is 9.84 Å². The molecule has 2 aromatic carbocycles. The lowest BCUT2D eigenvalue weighted by Crippen LogP contribution is -2.00. The van der Waals surface area contributed by atoms with Crippen molar-refractivity contribution < 1.29 is 19.6 Å². The van der Waals surface area contributed by atoms with Crippen LogP contribution in [0.4, 0.5) is 5.69 Å². The second-order valence-corrected chi connectivity index (χ2v) is 4.67. The fourth-order valence-electron chi connectivity index (χ4n) is 2.00. The van der Waals surface area contributed by atoms with Gasteiger partial charge in [-0.05, 0) is 43.2 Å². The molecular weight excluding hydrogens is 274 g/mol. The molecule has 21 heavy (non-hydrogen) atoms. The number of hydrogen-bond acceptors (Lipinski definition) is 4. The molecule has 0 aromatic heterocycles. The van der Waals surface area contributed by atoms with Gasteiger partial charge >= 0.3 is 11.7 Å². The van der Waals surface area contributed by atoms with E-state index in [1.165, 1.54) is 6.07 Å². The summed E-state index contributed by atoms with van der Waals surface area (Å²) in [6.07, 6.45) is 0. The van der Waals surface area contributed by atoms with Gasteiger partial charge in [0.25, 0.3) is 0 Å². The molecule has 0 saturated heterocycles. The molecule has 2 aromatic rings. The summed E-state index contributed by atoms with van der Waals surface area (Å²) in [4.78, 5) is 21.4. The van der Waals surface area contributed by atoms with Gasteiger partial charge in [-0.25, -0.2) is 4.79 Å². The van der Waals surface area contributed by atoms with E-state index in [9.17, 15) is 14.9 Å². The molecule has 0 spiro atoms. The van der Waals surface area contributed by atoms with Crippen molar-refractivity contribution in [3.63, 3.8) is 0 Å². The molecule has 6 heteroatoms. The fraction of sp³-hybridized carbons (Fsp3) is 0.133. The third-order valence-corrected chi connectivity index (χ3v) is 2.83. The van der Waals surface area contributed by atoms with Crippen LogP contribution in [0.1, 0.15) is 21.5 Å². The first kappa shape index (κ1) is 14.5. The van der Waals surface area contributed by atoms with Gasteiger partial charge in [0.2, 0.25) is 5.75 Å². The molecule has 0 fully saturated rings. The molecule has 6 nitrogen and oxygen atoms in total. The monoisotopic (exact) mass is 287 g/mol. The highest BCUT2D eigenvalue weighted by Gasteiger charge is 2.18. The number of carboxylic acids is 1. The summed E-state index contributed by atoms with van der Waals surface area (Å²) in [5.41, 5.74) is 1.54. The van der Waals surface area contributed by atoms with Crippen molar-refractivity contribution in [2.75, 3.05) is 0 Å². The van der Waals surface area contributed by atoms with Crippen LogP contribution in [0.25, 0.3) is 0 Å². The zero-order valence-corrected chi connectivity index (χ0v) is 11.5. The summed E-state index contributed by atoms with van der Waals surface area (Å²) in [6, 6.07) is 8.84. The average Bonchev–Trinajstić information content (AvgIpc) is 2.36. The third kappa shape index (κ3) is 3.36. The number of nitro benzene ring substituents is 1. The van der Waals surface area contributed by atoms with Crippen LogP contribution >= 0.6 is 0 Å². The van der Waals surface area contributed by atoms with E-state index in [4.69, 9.17) is 9.84 Å². The highest BCUT2D eigenvalue weighted by molar-refractivity contribution is 5.88. The molecule has 1 N–H and O–H groups in total. The number of hydrogen-bond donors (Lipinski definition) is 1. The normalized spacial score (nSPS) is 10.2. The van der Waals surface area contributed by atoms with Crippen LogP contribution in [-0.4, -0.2) is 16.0 Å². The highest BCUT2D eigenvalue weighted by Crippen LogP contribution is 2.33. The Morgan fingerprint density at radius 2 is 1.76 bits per heavy atom. The van der Waals surface area contributed by atoms with Gasteiger partial charge in [-0.3, -0.25) is 10.1 Å². The molecule has 0 amide bonds. The van der Waals surface area contributed by atoms with Crippen LogP contribution in [0, 0.1) is 24.0 Å². The SMILES string of the molecule is Cc1cc(C)cc(Oc2cc(C(=O)O)ccc2[N+](=O)[O-])c1. The van der Waals surface area contributed by atoms with E-state index in [0.717, 1.165) is 23.3 Å². The molecule has 0 radical (unpaired) electrons. The molecule has 108 valence electrons. The molecule has 0 saturated carbocycles. The Labute approximate surface area is 120 Å². The van der Waals surface area contributed by atoms with E-state index in [0.29, 0.717) is 5.75 Å². The lowest BCUT2D eigenvalue weighted by atomic mass is 10.1. The van der Waals surface area contributed by atoms with Crippen LogP contribution < -0.4 is 4.74 Å². The van der Waals surface area contributed by atoms with Gasteiger partial charge in [0.05, 0.1) is 10.5 Å². The second kappa shape index (κ2) is 5.62. The van der Waals surface area contributed by atoms with Crippen LogP contribution in [0.15, 0.2) is 36.4 Å². The second-order valence-electron chi connectivity index (χ2n) is 4.67. The van der Waals surface area contributed by atoms with Gasteiger partial charge in [-0.1, -0.05) is 6.07 Å². The van der Waals surface area contributed by atoms with Gasteiger partial charge in [0.1, 0.15) is 5.75 Å². The lowest BCUT2D eigenvalue weighted by molar-refractivity contribution is -0.385. The standard InChI is InChI=1S/C15H13NO5/c1-9-5-10(2)7-12(6-9)21-14-8-11(15(17)18)3-4-13(14)16(19)20/h3-8H,1-2H3,(H,17,18). The predicted molar refractivity (Wildman–Crippen MR) is 76.0 cm³/mol. The van der Waals surface area contributed by atoms with E-state index in [1.54, 1.807) is 12.1 Å². The number of aromatic carboxylic acids is 1. The minimum atomic E-state index is -1.17. The predicted octanol–water partition coefficient (Wildman–Crippen LogP) is 3.70. The summed E-state index contributed by atoms with van der Waals surface area (Å²) < 4.78 is 5.52. The maximum atomic E-state index is 11.0. The minimum Gasteiger partial charge on any atom is -0.478 e. The molecule has 2 rings (SSSR count).